The number of ketones is 1. The number of hydrogen-bond donors (Lipinski definition) is 2. The third kappa shape index (κ3) is 3.54. The molecule has 2 heterocycles. The Morgan fingerprint density at radius 2 is 2.07 bits per heavy atom. The number of anilines is 1. The van der Waals surface area contributed by atoms with E-state index in [2.05, 4.69) is 15.3 Å². The maximum absolute atomic E-state index is 13.2. The molecule has 0 unspecified atom stereocenters. The van der Waals surface area contributed by atoms with Crippen molar-refractivity contribution >= 4 is 29.1 Å². The van der Waals surface area contributed by atoms with Crippen LogP contribution < -0.4 is 10.9 Å². The average molecular weight is 426 g/mol. The lowest BCUT2D eigenvalue weighted by molar-refractivity contribution is -0.384. The van der Waals surface area contributed by atoms with Crippen LogP contribution >= 0.6 is 11.8 Å². The van der Waals surface area contributed by atoms with Gasteiger partial charge in [0.1, 0.15) is 5.82 Å². The monoisotopic (exact) mass is 426 g/mol. The second-order valence-corrected chi connectivity index (χ2v) is 9.56. The van der Waals surface area contributed by atoms with Crippen LogP contribution in [0, 0.1) is 15.5 Å². The van der Waals surface area contributed by atoms with Crippen molar-refractivity contribution in [3.8, 4) is 0 Å². The van der Waals surface area contributed by atoms with Gasteiger partial charge in [-0.15, -0.1) is 0 Å². The van der Waals surface area contributed by atoms with Gasteiger partial charge in [0.15, 0.2) is 10.9 Å². The summed E-state index contributed by atoms with van der Waals surface area (Å²) in [6.45, 7) is 6.02. The fourth-order valence-corrected chi connectivity index (χ4v) is 4.84. The van der Waals surface area contributed by atoms with Gasteiger partial charge in [0.05, 0.1) is 10.5 Å². The molecule has 1 aromatic heterocycles. The maximum atomic E-state index is 13.2. The lowest BCUT2D eigenvalue weighted by Gasteiger charge is -2.38. The lowest BCUT2D eigenvalue weighted by Crippen LogP contribution is -2.37. The molecule has 0 amide bonds. The normalized spacial score (nSPS) is 19.7. The Kier molecular flexibility index (Phi) is 5.01. The predicted molar refractivity (Wildman–Crippen MR) is 115 cm³/mol. The van der Waals surface area contributed by atoms with Crippen molar-refractivity contribution < 1.29 is 9.72 Å². The number of non-ortho nitro benzene ring substituents is 1. The molecular weight excluding hydrogens is 404 g/mol. The van der Waals surface area contributed by atoms with Gasteiger partial charge in [0, 0.05) is 35.7 Å². The molecule has 0 saturated carbocycles. The van der Waals surface area contributed by atoms with Gasteiger partial charge in [-0.1, -0.05) is 44.7 Å². The van der Waals surface area contributed by atoms with Crippen LogP contribution in [0.3, 0.4) is 0 Å². The highest BCUT2D eigenvalue weighted by Crippen LogP contribution is 2.47. The summed E-state index contributed by atoms with van der Waals surface area (Å²) >= 11 is 1.42. The van der Waals surface area contributed by atoms with Crippen molar-refractivity contribution in [1.82, 2.24) is 9.97 Å². The minimum absolute atomic E-state index is 0.0534. The van der Waals surface area contributed by atoms with Crippen molar-refractivity contribution in [3.63, 3.8) is 0 Å². The smallest absolute Gasteiger partial charge is 0.269 e. The topological polar surface area (TPSA) is 118 Å². The minimum atomic E-state index is -0.698. The second kappa shape index (κ2) is 7.39. The van der Waals surface area contributed by atoms with Crippen molar-refractivity contribution in [1.29, 1.82) is 0 Å². The Morgan fingerprint density at radius 3 is 2.77 bits per heavy atom. The fourth-order valence-electron chi connectivity index (χ4n) is 4.25. The first kappa shape index (κ1) is 20.3. The first-order valence-corrected chi connectivity index (χ1v) is 10.7. The van der Waals surface area contributed by atoms with Gasteiger partial charge in [-0.2, -0.15) is 0 Å². The zero-order valence-corrected chi connectivity index (χ0v) is 17.8. The third-order valence-electron chi connectivity index (χ3n) is 5.40. The van der Waals surface area contributed by atoms with Crippen LogP contribution in [0.5, 0.6) is 0 Å². The Balaban J connectivity index is 1.97. The van der Waals surface area contributed by atoms with E-state index in [1.807, 2.05) is 20.8 Å². The number of nitro benzene ring substituents is 1. The molecule has 2 aromatic rings. The molecule has 156 valence electrons. The molecule has 0 radical (unpaired) electrons. The molecule has 1 atom stereocenters. The van der Waals surface area contributed by atoms with Gasteiger partial charge in [0.2, 0.25) is 0 Å². The number of allylic oxidation sites excluding steroid dienone is 2. The maximum Gasteiger partial charge on any atom is 0.269 e. The summed E-state index contributed by atoms with van der Waals surface area (Å²) in [5.41, 5.74) is 1.45. The number of nitrogens with zero attached hydrogens (tertiary/aromatic N) is 2. The summed E-state index contributed by atoms with van der Waals surface area (Å²) in [5, 5.41) is 15.1. The number of nitro groups is 1. The lowest BCUT2D eigenvalue weighted by atomic mass is 9.69. The Hall–Kier alpha value is -2.94. The molecule has 4 rings (SSSR count). The van der Waals surface area contributed by atoms with Gasteiger partial charge in [-0.25, -0.2) is 4.98 Å². The summed E-state index contributed by atoms with van der Waals surface area (Å²) in [6.07, 6.45) is 0.979. The number of rotatable bonds is 4. The number of nitrogens with one attached hydrogen (secondary N) is 2. The number of carbonyl (C=O) groups is 1. The SMILES string of the molecule is CCSc1nc2c(c(=O)[nH]1)[C@@H](c1cccc([N+](=O)[O-])c1)C1=C(CC(C)(C)CC1=O)N2. The van der Waals surface area contributed by atoms with E-state index in [1.165, 1.54) is 23.9 Å². The van der Waals surface area contributed by atoms with Gasteiger partial charge in [-0.05, 0) is 23.2 Å². The quantitative estimate of drug-likeness (QED) is 0.328. The highest BCUT2D eigenvalue weighted by Gasteiger charge is 2.42. The first-order chi connectivity index (χ1) is 14.2. The standard InChI is InChI=1S/C21H22N4O4S/c1-4-30-20-23-18-17(19(27)24-20)15(11-6-5-7-12(8-11)25(28)29)16-13(22-18)9-21(2,3)10-14(16)26/h5-8,15H,4,9-10H2,1-3H3,(H2,22,23,24,27)/t15-/m0/s1. The Bertz CT molecular complexity index is 1150. The van der Waals surface area contributed by atoms with Crippen LogP contribution in [0.25, 0.3) is 0 Å². The van der Waals surface area contributed by atoms with Gasteiger partial charge < -0.3 is 10.3 Å². The van der Waals surface area contributed by atoms with Gasteiger partial charge in [0.25, 0.3) is 11.2 Å². The Morgan fingerprint density at radius 1 is 1.30 bits per heavy atom. The number of aromatic amines is 1. The first-order valence-electron chi connectivity index (χ1n) is 9.75. The van der Waals surface area contributed by atoms with Crippen molar-refractivity contribution in [2.45, 2.75) is 44.7 Å². The molecule has 0 saturated heterocycles. The molecule has 9 heteroatoms. The summed E-state index contributed by atoms with van der Waals surface area (Å²) < 4.78 is 0. The van der Waals surface area contributed by atoms with Crippen molar-refractivity contribution in [2.75, 3.05) is 11.1 Å². The Labute approximate surface area is 177 Å². The average Bonchev–Trinajstić information content (AvgIpc) is 2.65. The number of H-pyrrole nitrogens is 1. The van der Waals surface area contributed by atoms with E-state index in [4.69, 9.17) is 0 Å². The molecule has 0 spiro atoms. The van der Waals surface area contributed by atoms with Crippen LogP contribution in [-0.2, 0) is 4.79 Å². The number of fused-ring (bicyclic) bond motifs is 1. The highest BCUT2D eigenvalue weighted by molar-refractivity contribution is 7.99. The number of thioether (sulfide) groups is 1. The van der Waals surface area contributed by atoms with Crippen molar-refractivity contribution in [3.05, 3.63) is 67.1 Å². The molecule has 2 aliphatic rings. The zero-order chi connectivity index (χ0) is 21.6. The molecular formula is C21H22N4O4S. The van der Waals surface area contributed by atoms with E-state index < -0.39 is 10.8 Å². The molecule has 1 aliphatic carbocycles. The zero-order valence-electron chi connectivity index (χ0n) is 16.9. The van der Waals surface area contributed by atoms with Crippen LogP contribution in [0.4, 0.5) is 11.5 Å². The molecule has 1 aromatic carbocycles. The van der Waals surface area contributed by atoms with E-state index in [0.717, 1.165) is 11.4 Å². The minimum Gasteiger partial charge on any atom is -0.343 e. The highest BCUT2D eigenvalue weighted by atomic mass is 32.2. The van der Waals surface area contributed by atoms with Crippen LogP contribution in [0.1, 0.15) is 50.7 Å². The third-order valence-corrected chi connectivity index (χ3v) is 6.15. The molecule has 8 nitrogen and oxygen atoms in total. The summed E-state index contributed by atoms with van der Waals surface area (Å²) in [4.78, 5) is 44.4. The molecule has 0 fully saturated rings. The van der Waals surface area contributed by atoms with E-state index in [-0.39, 0.29) is 22.4 Å². The number of benzene rings is 1. The van der Waals surface area contributed by atoms with Gasteiger partial charge in [-0.3, -0.25) is 19.7 Å². The van der Waals surface area contributed by atoms with E-state index in [1.54, 1.807) is 12.1 Å². The molecule has 30 heavy (non-hydrogen) atoms. The van der Waals surface area contributed by atoms with Crippen LogP contribution in [0.2, 0.25) is 0 Å². The number of aromatic nitrogens is 2. The van der Waals surface area contributed by atoms with E-state index in [0.29, 0.717) is 40.5 Å². The van der Waals surface area contributed by atoms with E-state index in [9.17, 15) is 19.7 Å². The van der Waals surface area contributed by atoms with Crippen molar-refractivity contribution in [2.24, 2.45) is 5.41 Å². The van der Waals surface area contributed by atoms with E-state index >= 15 is 0 Å². The predicted octanol–water partition coefficient (Wildman–Crippen LogP) is 3.99. The summed E-state index contributed by atoms with van der Waals surface area (Å²) in [6, 6.07) is 6.13. The number of hydrogen-bond acceptors (Lipinski definition) is 7. The molecule has 2 N–H and O–H groups in total. The van der Waals surface area contributed by atoms with Crippen LogP contribution in [0.15, 0.2) is 45.5 Å². The number of Topliss-reactive ketones (excluding diaryl/α,β-unsaturated/α-hetero) is 1. The molecule has 0 bridgehead atoms. The van der Waals surface area contributed by atoms with Crippen LogP contribution in [-0.4, -0.2) is 26.4 Å². The largest absolute Gasteiger partial charge is 0.343 e. The molecule has 1 aliphatic heterocycles. The summed E-state index contributed by atoms with van der Waals surface area (Å²) in [5.74, 6) is 0.407. The second-order valence-electron chi connectivity index (χ2n) is 8.31. The summed E-state index contributed by atoms with van der Waals surface area (Å²) in [7, 11) is 0. The van der Waals surface area contributed by atoms with Gasteiger partial charge >= 0.3 is 0 Å². The fraction of sp³-hybridized carbons (Fsp3) is 0.381. The number of carbonyl (C=O) groups excluding carboxylic acids is 1.